The SMILES string of the molecule is CN(CCCC(=O)O)Cc1ccc(F)cc1.Cl. The van der Waals surface area contributed by atoms with Crippen molar-refractivity contribution < 1.29 is 14.3 Å². The first-order chi connectivity index (χ1) is 7.58. The summed E-state index contributed by atoms with van der Waals surface area (Å²) in [6.45, 7) is 1.43. The predicted octanol–water partition coefficient (Wildman–Crippen LogP) is 2.54. The van der Waals surface area contributed by atoms with Gasteiger partial charge in [0.15, 0.2) is 0 Å². The van der Waals surface area contributed by atoms with Gasteiger partial charge in [-0.2, -0.15) is 0 Å². The van der Waals surface area contributed by atoms with E-state index in [1.807, 2.05) is 11.9 Å². The van der Waals surface area contributed by atoms with E-state index in [4.69, 9.17) is 5.11 Å². The van der Waals surface area contributed by atoms with Crippen molar-refractivity contribution in [2.75, 3.05) is 13.6 Å². The summed E-state index contributed by atoms with van der Waals surface area (Å²) in [7, 11) is 1.92. The Morgan fingerprint density at radius 2 is 1.94 bits per heavy atom. The maximum absolute atomic E-state index is 12.6. The molecule has 17 heavy (non-hydrogen) atoms. The van der Waals surface area contributed by atoms with Gasteiger partial charge in [-0.05, 0) is 37.7 Å². The van der Waals surface area contributed by atoms with E-state index in [0.717, 1.165) is 12.1 Å². The van der Waals surface area contributed by atoms with Gasteiger partial charge in [0.1, 0.15) is 5.82 Å². The molecule has 3 nitrogen and oxygen atoms in total. The Hall–Kier alpha value is -1.13. The number of aliphatic carboxylic acids is 1. The summed E-state index contributed by atoms with van der Waals surface area (Å²) in [6, 6.07) is 6.34. The molecule has 0 atom stereocenters. The number of rotatable bonds is 6. The first kappa shape index (κ1) is 15.9. The van der Waals surface area contributed by atoms with Gasteiger partial charge < -0.3 is 10.0 Å². The fourth-order valence-corrected chi connectivity index (χ4v) is 1.48. The van der Waals surface area contributed by atoms with Crippen molar-refractivity contribution in [3.05, 3.63) is 35.6 Å². The third-order valence-electron chi connectivity index (χ3n) is 2.30. The highest BCUT2D eigenvalue weighted by Crippen LogP contribution is 2.06. The Kier molecular flexibility index (Phi) is 7.50. The van der Waals surface area contributed by atoms with Crippen LogP contribution in [0.5, 0.6) is 0 Å². The standard InChI is InChI=1S/C12H16FNO2.ClH/c1-14(8-2-3-12(15)16)9-10-4-6-11(13)7-5-10;/h4-7H,2-3,8-9H2,1H3,(H,15,16);1H. The maximum atomic E-state index is 12.6. The first-order valence-electron chi connectivity index (χ1n) is 5.22. The lowest BCUT2D eigenvalue weighted by atomic mass is 10.2. The van der Waals surface area contributed by atoms with Crippen LogP contribution in [0, 0.1) is 5.82 Å². The molecule has 0 spiro atoms. The zero-order valence-corrected chi connectivity index (χ0v) is 10.5. The van der Waals surface area contributed by atoms with E-state index in [9.17, 15) is 9.18 Å². The van der Waals surface area contributed by atoms with Gasteiger partial charge in [0.05, 0.1) is 0 Å². The molecule has 0 aliphatic heterocycles. The monoisotopic (exact) mass is 261 g/mol. The van der Waals surface area contributed by atoms with Crippen molar-refractivity contribution >= 4 is 18.4 Å². The zero-order valence-electron chi connectivity index (χ0n) is 9.73. The smallest absolute Gasteiger partial charge is 0.303 e. The summed E-state index contributed by atoms with van der Waals surface area (Å²) in [6.07, 6.45) is 0.820. The van der Waals surface area contributed by atoms with Crippen molar-refractivity contribution in [3.63, 3.8) is 0 Å². The Morgan fingerprint density at radius 1 is 1.35 bits per heavy atom. The highest BCUT2D eigenvalue weighted by atomic mass is 35.5. The van der Waals surface area contributed by atoms with Crippen LogP contribution in [0.1, 0.15) is 18.4 Å². The molecule has 0 aliphatic rings. The summed E-state index contributed by atoms with van der Waals surface area (Å²) in [4.78, 5) is 12.3. The average molecular weight is 262 g/mol. The first-order valence-corrected chi connectivity index (χ1v) is 5.22. The number of hydrogen-bond acceptors (Lipinski definition) is 2. The van der Waals surface area contributed by atoms with Gasteiger partial charge in [0, 0.05) is 13.0 Å². The highest BCUT2D eigenvalue weighted by Gasteiger charge is 2.02. The van der Waals surface area contributed by atoms with Crippen LogP contribution in [-0.4, -0.2) is 29.6 Å². The van der Waals surface area contributed by atoms with E-state index < -0.39 is 5.97 Å². The number of carboxylic acid groups (broad SMARTS) is 1. The number of halogens is 2. The lowest BCUT2D eigenvalue weighted by Crippen LogP contribution is -2.19. The van der Waals surface area contributed by atoms with Crippen LogP contribution in [0.2, 0.25) is 0 Å². The van der Waals surface area contributed by atoms with Gasteiger partial charge in [0.25, 0.3) is 0 Å². The molecule has 96 valence electrons. The lowest BCUT2D eigenvalue weighted by Gasteiger charge is -2.15. The minimum atomic E-state index is -0.768. The summed E-state index contributed by atoms with van der Waals surface area (Å²) < 4.78 is 12.6. The molecule has 0 amide bonds. The molecule has 0 saturated carbocycles. The van der Waals surface area contributed by atoms with Gasteiger partial charge in [-0.15, -0.1) is 12.4 Å². The number of carboxylic acids is 1. The molecular formula is C12H17ClFNO2. The molecule has 5 heteroatoms. The molecule has 0 saturated heterocycles. The van der Waals surface area contributed by atoms with Crippen LogP contribution in [0.25, 0.3) is 0 Å². The maximum Gasteiger partial charge on any atom is 0.303 e. The van der Waals surface area contributed by atoms with Crippen LogP contribution in [0.4, 0.5) is 4.39 Å². The average Bonchev–Trinajstić information content (AvgIpc) is 2.21. The van der Waals surface area contributed by atoms with Gasteiger partial charge in [-0.25, -0.2) is 4.39 Å². The third kappa shape index (κ3) is 6.92. The summed E-state index contributed by atoms with van der Waals surface area (Å²) in [5.41, 5.74) is 1.03. The largest absolute Gasteiger partial charge is 0.481 e. The summed E-state index contributed by atoms with van der Waals surface area (Å²) in [5.74, 6) is -1.01. The molecule has 0 aromatic heterocycles. The minimum absolute atomic E-state index is 0. The molecule has 0 aliphatic carbocycles. The second kappa shape index (κ2) is 8.03. The molecule has 0 unspecified atom stereocenters. The molecule has 1 aromatic carbocycles. The van der Waals surface area contributed by atoms with E-state index in [1.165, 1.54) is 12.1 Å². The Labute approximate surface area is 107 Å². The summed E-state index contributed by atoms with van der Waals surface area (Å²) >= 11 is 0. The molecule has 1 aromatic rings. The Bertz CT molecular complexity index is 343. The van der Waals surface area contributed by atoms with Gasteiger partial charge in [-0.3, -0.25) is 4.79 Å². The third-order valence-corrected chi connectivity index (χ3v) is 2.30. The number of carbonyl (C=O) groups is 1. The van der Waals surface area contributed by atoms with Crippen LogP contribution >= 0.6 is 12.4 Å². The topological polar surface area (TPSA) is 40.5 Å². The molecule has 0 fully saturated rings. The van der Waals surface area contributed by atoms with Crippen LogP contribution in [0.15, 0.2) is 24.3 Å². The molecule has 1 rings (SSSR count). The van der Waals surface area contributed by atoms with Crippen molar-refractivity contribution in [1.82, 2.24) is 4.90 Å². The van der Waals surface area contributed by atoms with Crippen molar-refractivity contribution in [2.45, 2.75) is 19.4 Å². The van der Waals surface area contributed by atoms with E-state index in [-0.39, 0.29) is 24.6 Å². The van der Waals surface area contributed by atoms with Crippen molar-refractivity contribution in [3.8, 4) is 0 Å². The second-order valence-corrected chi connectivity index (χ2v) is 3.86. The van der Waals surface area contributed by atoms with Gasteiger partial charge >= 0.3 is 5.97 Å². The minimum Gasteiger partial charge on any atom is -0.481 e. The number of hydrogen-bond donors (Lipinski definition) is 1. The Morgan fingerprint density at radius 3 is 2.47 bits per heavy atom. The molecule has 1 N–H and O–H groups in total. The summed E-state index contributed by atoms with van der Waals surface area (Å²) in [5, 5.41) is 8.49. The quantitative estimate of drug-likeness (QED) is 0.856. The van der Waals surface area contributed by atoms with Crippen LogP contribution in [-0.2, 0) is 11.3 Å². The number of benzene rings is 1. The fraction of sp³-hybridized carbons (Fsp3) is 0.417. The van der Waals surface area contributed by atoms with E-state index in [1.54, 1.807) is 12.1 Å². The van der Waals surface area contributed by atoms with Crippen LogP contribution in [0.3, 0.4) is 0 Å². The molecule has 0 heterocycles. The van der Waals surface area contributed by atoms with Gasteiger partial charge in [0.2, 0.25) is 0 Å². The second-order valence-electron chi connectivity index (χ2n) is 3.86. The van der Waals surface area contributed by atoms with Crippen molar-refractivity contribution in [2.24, 2.45) is 0 Å². The zero-order chi connectivity index (χ0) is 12.0. The normalized spacial score (nSPS) is 10.1. The lowest BCUT2D eigenvalue weighted by molar-refractivity contribution is -0.137. The molecule has 0 bridgehead atoms. The van der Waals surface area contributed by atoms with Crippen LogP contribution < -0.4 is 0 Å². The Balaban J connectivity index is 0.00000256. The molecular weight excluding hydrogens is 245 g/mol. The molecule has 0 radical (unpaired) electrons. The van der Waals surface area contributed by atoms with E-state index in [0.29, 0.717) is 13.0 Å². The van der Waals surface area contributed by atoms with E-state index >= 15 is 0 Å². The predicted molar refractivity (Wildman–Crippen MR) is 66.9 cm³/mol. The van der Waals surface area contributed by atoms with E-state index in [2.05, 4.69) is 0 Å². The van der Waals surface area contributed by atoms with Crippen molar-refractivity contribution in [1.29, 1.82) is 0 Å². The number of nitrogens with zero attached hydrogens (tertiary/aromatic N) is 1. The highest BCUT2D eigenvalue weighted by molar-refractivity contribution is 5.85. The van der Waals surface area contributed by atoms with Gasteiger partial charge in [-0.1, -0.05) is 12.1 Å². The fourth-order valence-electron chi connectivity index (χ4n) is 1.48.